The maximum absolute atomic E-state index is 12.2. The van der Waals surface area contributed by atoms with Gasteiger partial charge in [0, 0.05) is 18.7 Å². The molecule has 0 saturated heterocycles. The number of hydrogen-bond donors (Lipinski definition) is 2. The van der Waals surface area contributed by atoms with Crippen molar-refractivity contribution < 1.29 is 13.2 Å². The molecule has 0 aromatic heterocycles. The summed E-state index contributed by atoms with van der Waals surface area (Å²) in [6, 6.07) is 4.20. The molecule has 6 nitrogen and oxygen atoms in total. The fraction of sp³-hybridized carbons (Fsp3) is 0.500. The lowest BCUT2D eigenvalue weighted by molar-refractivity contribution is 0.370. The van der Waals surface area contributed by atoms with Gasteiger partial charge < -0.3 is 15.4 Å². The SMILES string of the molecule is COc1cc(S(=O)(=O)NC(C)CN(C)C)ccc1N. The molecule has 7 heteroatoms. The molecule has 0 heterocycles. The molecule has 1 atom stereocenters. The number of anilines is 1. The van der Waals surface area contributed by atoms with Crippen molar-refractivity contribution in [3.8, 4) is 5.75 Å². The van der Waals surface area contributed by atoms with Crippen LogP contribution in [0.1, 0.15) is 6.92 Å². The van der Waals surface area contributed by atoms with Crippen LogP contribution in [0, 0.1) is 0 Å². The van der Waals surface area contributed by atoms with Crippen molar-refractivity contribution in [2.75, 3.05) is 33.5 Å². The molecule has 1 unspecified atom stereocenters. The van der Waals surface area contributed by atoms with E-state index in [1.165, 1.54) is 25.3 Å². The van der Waals surface area contributed by atoms with Crippen LogP contribution >= 0.6 is 0 Å². The summed E-state index contributed by atoms with van der Waals surface area (Å²) in [6.07, 6.45) is 0. The molecule has 108 valence electrons. The number of nitrogens with two attached hydrogens (primary N) is 1. The molecule has 0 radical (unpaired) electrons. The first-order chi connectivity index (χ1) is 8.76. The lowest BCUT2D eigenvalue weighted by Crippen LogP contribution is -2.39. The number of likely N-dealkylation sites (N-methyl/N-ethyl adjacent to an activating group) is 1. The zero-order valence-electron chi connectivity index (χ0n) is 11.7. The van der Waals surface area contributed by atoms with E-state index in [-0.39, 0.29) is 10.9 Å². The van der Waals surface area contributed by atoms with Crippen molar-refractivity contribution >= 4 is 15.7 Å². The first-order valence-corrected chi connectivity index (χ1v) is 7.35. The van der Waals surface area contributed by atoms with E-state index >= 15 is 0 Å². The molecule has 1 aromatic rings. The van der Waals surface area contributed by atoms with Gasteiger partial charge in [-0.25, -0.2) is 13.1 Å². The summed E-state index contributed by atoms with van der Waals surface area (Å²) >= 11 is 0. The molecule has 19 heavy (non-hydrogen) atoms. The highest BCUT2D eigenvalue weighted by Gasteiger charge is 2.19. The van der Waals surface area contributed by atoms with Crippen molar-refractivity contribution in [3.63, 3.8) is 0 Å². The molecular weight excluding hydrogens is 266 g/mol. The van der Waals surface area contributed by atoms with E-state index in [9.17, 15) is 8.42 Å². The Morgan fingerprint density at radius 2 is 2.05 bits per heavy atom. The zero-order chi connectivity index (χ0) is 14.6. The lowest BCUT2D eigenvalue weighted by Gasteiger charge is -2.18. The van der Waals surface area contributed by atoms with Gasteiger partial charge in [0.15, 0.2) is 0 Å². The summed E-state index contributed by atoms with van der Waals surface area (Å²) in [5, 5.41) is 0. The molecule has 0 aliphatic rings. The topological polar surface area (TPSA) is 84.7 Å². The predicted octanol–water partition coefficient (Wildman–Crippen LogP) is 0.506. The van der Waals surface area contributed by atoms with Crippen LogP contribution in [0.4, 0.5) is 5.69 Å². The normalized spacial score (nSPS) is 13.5. The quantitative estimate of drug-likeness (QED) is 0.745. The second kappa shape index (κ2) is 6.23. The van der Waals surface area contributed by atoms with Gasteiger partial charge in [-0.15, -0.1) is 0 Å². The van der Waals surface area contributed by atoms with Gasteiger partial charge in [-0.3, -0.25) is 0 Å². The number of sulfonamides is 1. The van der Waals surface area contributed by atoms with Gasteiger partial charge in [0.2, 0.25) is 10.0 Å². The molecule has 1 rings (SSSR count). The number of benzene rings is 1. The van der Waals surface area contributed by atoms with Crippen LogP contribution in [0.25, 0.3) is 0 Å². The number of rotatable bonds is 6. The Balaban J connectivity index is 2.94. The average Bonchev–Trinajstić information content (AvgIpc) is 2.27. The van der Waals surface area contributed by atoms with Gasteiger partial charge >= 0.3 is 0 Å². The second-order valence-corrected chi connectivity index (χ2v) is 6.40. The largest absolute Gasteiger partial charge is 0.495 e. The van der Waals surface area contributed by atoms with Crippen molar-refractivity contribution in [1.82, 2.24) is 9.62 Å². The number of methoxy groups -OCH3 is 1. The smallest absolute Gasteiger partial charge is 0.240 e. The minimum absolute atomic E-state index is 0.143. The van der Waals surface area contributed by atoms with E-state index in [0.717, 1.165) is 0 Å². The van der Waals surface area contributed by atoms with Gasteiger partial charge in [0.05, 0.1) is 17.7 Å². The van der Waals surface area contributed by atoms with Crippen LogP contribution in [0.2, 0.25) is 0 Å². The van der Waals surface area contributed by atoms with Gasteiger partial charge in [-0.2, -0.15) is 0 Å². The standard InChI is InChI=1S/C12H21N3O3S/c1-9(8-15(2)3)14-19(16,17)10-5-6-11(13)12(7-10)18-4/h5-7,9,14H,8,13H2,1-4H3. The number of nitrogens with zero attached hydrogens (tertiary/aromatic N) is 1. The lowest BCUT2D eigenvalue weighted by atomic mass is 10.3. The third-order valence-corrected chi connectivity index (χ3v) is 4.10. The summed E-state index contributed by atoms with van der Waals surface area (Å²) in [5.41, 5.74) is 6.07. The Labute approximate surface area is 114 Å². The van der Waals surface area contributed by atoms with Gasteiger partial charge in [-0.1, -0.05) is 0 Å². The van der Waals surface area contributed by atoms with Crippen molar-refractivity contribution in [3.05, 3.63) is 18.2 Å². The monoisotopic (exact) mass is 287 g/mol. The first-order valence-electron chi connectivity index (χ1n) is 5.87. The van der Waals surface area contributed by atoms with Crippen LogP contribution < -0.4 is 15.2 Å². The predicted molar refractivity (Wildman–Crippen MR) is 75.7 cm³/mol. The minimum Gasteiger partial charge on any atom is -0.495 e. The summed E-state index contributed by atoms with van der Waals surface area (Å²) in [5.74, 6) is 0.350. The third-order valence-electron chi connectivity index (χ3n) is 2.51. The fourth-order valence-electron chi connectivity index (χ4n) is 1.78. The van der Waals surface area contributed by atoms with E-state index in [1.807, 2.05) is 25.9 Å². The highest BCUT2D eigenvalue weighted by molar-refractivity contribution is 7.89. The molecule has 0 bridgehead atoms. The summed E-state index contributed by atoms with van der Waals surface area (Å²) in [4.78, 5) is 2.06. The number of nitrogen functional groups attached to an aromatic ring is 1. The molecule has 0 fully saturated rings. The third kappa shape index (κ3) is 4.38. The highest BCUT2D eigenvalue weighted by Crippen LogP contribution is 2.24. The Morgan fingerprint density at radius 3 is 2.58 bits per heavy atom. The van der Waals surface area contributed by atoms with Crippen LogP contribution in [-0.2, 0) is 10.0 Å². The molecule has 0 amide bonds. The van der Waals surface area contributed by atoms with E-state index in [0.29, 0.717) is 18.0 Å². The van der Waals surface area contributed by atoms with Crippen LogP contribution in [0.5, 0.6) is 5.75 Å². The van der Waals surface area contributed by atoms with E-state index in [1.54, 1.807) is 0 Å². The molecule has 0 aliphatic heterocycles. The number of ether oxygens (including phenoxy) is 1. The molecule has 3 N–H and O–H groups in total. The Bertz CT molecular complexity index is 529. The zero-order valence-corrected chi connectivity index (χ0v) is 12.5. The molecule has 0 aliphatic carbocycles. The van der Waals surface area contributed by atoms with E-state index in [4.69, 9.17) is 10.5 Å². The van der Waals surface area contributed by atoms with Gasteiger partial charge in [0.1, 0.15) is 5.75 Å². The number of hydrogen-bond acceptors (Lipinski definition) is 5. The maximum atomic E-state index is 12.2. The molecule has 0 saturated carbocycles. The summed E-state index contributed by atoms with van der Waals surface area (Å²) in [6.45, 7) is 2.43. The molecule has 1 aromatic carbocycles. The van der Waals surface area contributed by atoms with E-state index < -0.39 is 10.0 Å². The minimum atomic E-state index is -3.57. The van der Waals surface area contributed by atoms with Crippen LogP contribution in [0.15, 0.2) is 23.1 Å². The summed E-state index contributed by atoms with van der Waals surface area (Å²) < 4.78 is 32.0. The highest BCUT2D eigenvalue weighted by atomic mass is 32.2. The van der Waals surface area contributed by atoms with Crippen molar-refractivity contribution in [2.45, 2.75) is 17.9 Å². The Hall–Kier alpha value is -1.31. The van der Waals surface area contributed by atoms with Gasteiger partial charge in [0.25, 0.3) is 0 Å². The molecule has 0 spiro atoms. The number of nitrogens with one attached hydrogen (secondary N) is 1. The Morgan fingerprint density at radius 1 is 1.42 bits per heavy atom. The van der Waals surface area contributed by atoms with Gasteiger partial charge in [-0.05, 0) is 33.2 Å². The average molecular weight is 287 g/mol. The van der Waals surface area contributed by atoms with Crippen LogP contribution in [-0.4, -0.2) is 47.1 Å². The van der Waals surface area contributed by atoms with Crippen molar-refractivity contribution in [1.29, 1.82) is 0 Å². The second-order valence-electron chi connectivity index (χ2n) is 4.69. The molecular formula is C12H21N3O3S. The van der Waals surface area contributed by atoms with Crippen molar-refractivity contribution in [2.24, 2.45) is 0 Å². The first kappa shape index (κ1) is 15.7. The summed E-state index contributed by atoms with van der Waals surface area (Å²) in [7, 11) is 1.65. The van der Waals surface area contributed by atoms with Crippen LogP contribution in [0.3, 0.4) is 0 Å². The fourth-order valence-corrected chi connectivity index (χ4v) is 3.03. The van der Waals surface area contributed by atoms with E-state index in [2.05, 4.69) is 4.72 Å². The maximum Gasteiger partial charge on any atom is 0.240 e. The Kier molecular flexibility index (Phi) is 5.16.